The van der Waals surface area contributed by atoms with Crippen molar-refractivity contribution in [3.8, 4) is 11.5 Å². The summed E-state index contributed by atoms with van der Waals surface area (Å²) >= 11 is 0. The van der Waals surface area contributed by atoms with Crippen LogP contribution in [-0.4, -0.2) is 86.9 Å². The number of aliphatic imine (C=N–C) groups is 1. The number of nitrogens with zero attached hydrogens (tertiary/aromatic N) is 1. The number of aromatic hydroxyl groups is 2. The highest BCUT2D eigenvalue weighted by Crippen LogP contribution is 2.13. The quantitative estimate of drug-likeness (QED) is 0.0581. The van der Waals surface area contributed by atoms with Gasteiger partial charge in [0.2, 0.25) is 17.7 Å². The Morgan fingerprint density at radius 1 is 0.791 bits per heavy atom. The Balaban J connectivity index is 2.26. The van der Waals surface area contributed by atoms with E-state index in [1.807, 2.05) is 0 Å². The van der Waals surface area contributed by atoms with Crippen molar-refractivity contribution in [2.45, 2.75) is 62.9 Å². The lowest BCUT2D eigenvalue weighted by Gasteiger charge is -2.26. The van der Waals surface area contributed by atoms with Crippen molar-refractivity contribution in [2.24, 2.45) is 22.2 Å². The zero-order valence-corrected chi connectivity index (χ0v) is 23.6. The summed E-state index contributed by atoms with van der Waals surface area (Å²) in [4.78, 5) is 55.0. The molecule has 0 heterocycles. The number of hydrogen-bond acceptors (Lipinski definition) is 9. The third kappa shape index (κ3) is 11.9. The summed E-state index contributed by atoms with van der Waals surface area (Å²) in [5.41, 5.74) is 18.0. The molecule has 0 aliphatic rings. The van der Waals surface area contributed by atoms with Gasteiger partial charge in [-0.25, -0.2) is 4.79 Å². The van der Waals surface area contributed by atoms with Crippen LogP contribution < -0.4 is 33.2 Å². The predicted octanol–water partition coefficient (Wildman–Crippen LogP) is -1.82. The lowest BCUT2D eigenvalue weighted by Crippen LogP contribution is -2.58. The Morgan fingerprint density at radius 3 is 1.77 bits per heavy atom. The molecular formula is C28H39N7O8. The number of amides is 3. The van der Waals surface area contributed by atoms with Crippen molar-refractivity contribution in [3.05, 3.63) is 59.7 Å². The normalized spacial score (nSPS) is 14.3. The summed E-state index contributed by atoms with van der Waals surface area (Å²) in [7, 11) is 0. The molecule has 0 saturated heterocycles. The van der Waals surface area contributed by atoms with Crippen molar-refractivity contribution in [1.82, 2.24) is 16.0 Å². The molecule has 0 fully saturated rings. The van der Waals surface area contributed by atoms with Crippen LogP contribution in [-0.2, 0) is 32.0 Å². The van der Waals surface area contributed by atoms with Crippen LogP contribution >= 0.6 is 0 Å². The first kappa shape index (κ1) is 34.3. The Kier molecular flexibility index (Phi) is 13.2. The summed E-state index contributed by atoms with van der Waals surface area (Å²) in [6, 6.07) is 6.67. The minimum atomic E-state index is -1.65. The molecule has 0 aromatic heterocycles. The number of aliphatic carboxylic acids is 1. The van der Waals surface area contributed by atoms with Gasteiger partial charge in [0, 0.05) is 13.0 Å². The molecule has 3 amide bonds. The number of aliphatic hydroxyl groups is 1. The van der Waals surface area contributed by atoms with Gasteiger partial charge in [-0.3, -0.25) is 19.4 Å². The van der Waals surface area contributed by atoms with Gasteiger partial charge in [-0.15, -0.1) is 0 Å². The number of carbonyl (C=O) groups is 4. The molecule has 15 nitrogen and oxygen atoms in total. The van der Waals surface area contributed by atoms with E-state index < -0.39 is 54.0 Å². The first-order valence-corrected chi connectivity index (χ1v) is 13.5. The van der Waals surface area contributed by atoms with Crippen molar-refractivity contribution in [2.75, 3.05) is 6.54 Å². The van der Waals surface area contributed by atoms with Crippen LogP contribution in [0.25, 0.3) is 0 Å². The lowest BCUT2D eigenvalue weighted by atomic mass is 10.0. The average Bonchev–Trinajstić information content (AvgIpc) is 2.94. The lowest BCUT2D eigenvalue weighted by molar-refractivity contribution is -0.145. The van der Waals surface area contributed by atoms with Gasteiger partial charge in [0.15, 0.2) is 12.0 Å². The Bertz CT molecular complexity index is 1260. The minimum absolute atomic E-state index is 0.0268. The fourth-order valence-electron chi connectivity index (χ4n) is 4.02. The zero-order chi connectivity index (χ0) is 32.1. The SMILES string of the molecule is CC(O)C(NC(=O)C(Cc1ccc(O)cc1)NC(=O)C(CCCN=C(N)N)NC(=O)C(N)Cc1ccc(O)cc1)C(=O)O. The Hall–Kier alpha value is -4.89. The van der Waals surface area contributed by atoms with Gasteiger partial charge in [0.05, 0.1) is 12.1 Å². The number of phenolic OH excluding ortho intramolecular Hbond substituents is 2. The molecule has 2 aromatic carbocycles. The highest BCUT2D eigenvalue weighted by molar-refractivity contribution is 5.94. The van der Waals surface area contributed by atoms with Crippen LogP contribution in [0.4, 0.5) is 0 Å². The Labute approximate surface area is 248 Å². The third-order valence-electron chi connectivity index (χ3n) is 6.36. The number of guanidine groups is 1. The van der Waals surface area contributed by atoms with E-state index in [4.69, 9.17) is 17.2 Å². The van der Waals surface area contributed by atoms with Crippen LogP contribution in [0.2, 0.25) is 0 Å². The molecule has 13 N–H and O–H groups in total. The summed E-state index contributed by atoms with van der Waals surface area (Å²) in [6.07, 6.45) is -1.13. The highest BCUT2D eigenvalue weighted by Gasteiger charge is 2.32. The second-order valence-electron chi connectivity index (χ2n) is 9.98. The fraction of sp³-hybridized carbons (Fsp3) is 0.393. The highest BCUT2D eigenvalue weighted by atomic mass is 16.4. The number of carboxylic acids is 1. The molecule has 0 aliphatic heterocycles. The van der Waals surface area contributed by atoms with Gasteiger partial charge in [-0.2, -0.15) is 0 Å². The van der Waals surface area contributed by atoms with Gasteiger partial charge in [0.1, 0.15) is 23.6 Å². The summed E-state index contributed by atoms with van der Waals surface area (Å²) in [5, 5.41) is 45.7. The van der Waals surface area contributed by atoms with Gasteiger partial charge in [-0.1, -0.05) is 24.3 Å². The number of hydrogen-bond donors (Lipinski definition) is 10. The molecule has 2 rings (SSSR count). The number of rotatable bonds is 16. The number of aliphatic hydroxyl groups excluding tert-OH is 1. The van der Waals surface area contributed by atoms with E-state index in [0.717, 1.165) is 0 Å². The standard InChI is InChI=1S/C28H39N7O8/c1-15(36)23(27(42)43)35-26(41)22(14-17-6-10-19(38)11-7-17)34-25(40)21(3-2-12-32-28(30)31)33-24(39)20(29)13-16-4-8-18(37)9-5-16/h4-11,15,20-23,36-38H,2-3,12-14,29H2,1H3,(H,33,39)(H,34,40)(H,35,41)(H,42,43)(H4,30,31,32). The largest absolute Gasteiger partial charge is 0.508 e. The van der Waals surface area contributed by atoms with E-state index in [9.17, 15) is 39.6 Å². The summed E-state index contributed by atoms with van der Waals surface area (Å²) in [6.45, 7) is 1.34. The predicted molar refractivity (Wildman–Crippen MR) is 157 cm³/mol. The van der Waals surface area contributed by atoms with Crippen LogP contribution in [0.3, 0.4) is 0 Å². The molecule has 0 spiro atoms. The van der Waals surface area contributed by atoms with Gasteiger partial charge >= 0.3 is 5.97 Å². The van der Waals surface area contributed by atoms with E-state index in [0.29, 0.717) is 11.1 Å². The molecule has 0 radical (unpaired) electrons. The van der Waals surface area contributed by atoms with Crippen LogP contribution in [0.1, 0.15) is 30.9 Å². The van der Waals surface area contributed by atoms with Gasteiger partial charge in [-0.05, 0) is 61.6 Å². The second kappa shape index (κ2) is 16.5. The maximum Gasteiger partial charge on any atom is 0.328 e. The van der Waals surface area contributed by atoms with Gasteiger partial charge < -0.3 is 53.6 Å². The number of benzene rings is 2. The molecule has 15 heteroatoms. The minimum Gasteiger partial charge on any atom is -0.508 e. The average molecular weight is 602 g/mol. The molecule has 2 aromatic rings. The smallest absolute Gasteiger partial charge is 0.328 e. The number of carboxylic acid groups (broad SMARTS) is 1. The van der Waals surface area contributed by atoms with Crippen LogP contribution in [0.15, 0.2) is 53.5 Å². The Morgan fingerprint density at radius 2 is 1.28 bits per heavy atom. The monoisotopic (exact) mass is 601 g/mol. The topological polar surface area (TPSA) is 276 Å². The van der Waals surface area contributed by atoms with E-state index in [-0.39, 0.29) is 49.7 Å². The summed E-state index contributed by atoms with van der Waals surface area (Å²) in [5.74, 6) is -3.94. The van der Waals surface area contributed by atoms with E-state index >= 15 is 0 Å². The third-order valence-corrected chi connectivity index (χ3v) is 6.36. The number of phenols is 2. The zero-order valence-electron chi connectivity index (χ0n) is 23.6. The van der Waals surface area contributed by atoms with Crippen molar-refractivity contribution >= 4 is 29.7 Å². The molecular weight excluding hydrogens is 562 g/mol. The van der Waals surface area contributed by atoms with Crippen molar-refractivity contribution in [3.63, 3.8) is 0 Å². The fourth-order valence-corrected chi connectivity index (χ4v) is 4.02. The number of carbonyl (C=O) groups excluding carboxylic acids is 3. The van der Waals surface area contributed by atoms with E-state index in [2.05, 4.69) is 20.9 Å². The van der Waals surface area contributed by atoms with Gasteiger partial charge in [0.25, 0.3) is 0 Å². The van der Waals surface area contributed by atoms with Crippen molar-refractivity contribution < 1.29 is 39.6 Å². The van der Waals surface area contributed by atoms with E-state index in [1.54, 1.807) is 12.1 Å². The molecule has 43 heavy (non-hydrogen) atoms. The summed E-state index contributed by atoms with van der Waals surface area (Å²) < 4.78 is 0. The first-order valence-electron chi connectivity index (χ1n) is 13.5. The first-order chi connectivity index (χ1) is 20.3. The molecule has 0 aliphatic carbocycles. The molecule has 0 saturated carbocycles. The molecule has 234 valence electrons. The van der Waals surface area contributed by atoms with E-state index in [1.165, 1.54) is 43.3 Å². The number of nitrogens with one attached hydrogen (secondary N) is 3. The van der Waals surface area contributed by atoms with Crippen LogP contribution in [0.5, 0.6) is 11.5 Å². The van der Waals surface area contributed by atoms with Crippen LogP contribution in [0, 0.1) is 0 Å². The molecule has 5 unspecified atom stereocenters. The molecule has 5 atom stereocenters. The maximum atomic E-state index is 13.5. The van der Waals surface area contributed by atoms with Crippen molar-refractivity contribution in [1.29, 1.82) is 0 Å². The molecule has 0 bridgehead atoms. The second-order valence-corrected chi connectivity index (χ2v) is 9.98. The maximum absolute atomic E-state index is 13.5. The number of nitrogens with two attached hydrogens (primary N) is 3.